The summed E-state index contributed by atoms with van der Waals surface area (Å²) >= 11 is 0. The Kier molecular flexibility index (Phi) is 7.52. The molecule has 0 saturated heterocycles. The maximum absolute atomic E-state index is 4.54. The molecule has 0 atom stereocenters. The van der Waals surface area contributed by atoms with Crippen molar-refractivity contribution in [3.63, 3.8) is 0 Å². The number of hydrogen-bond acceptors (Lipinski definition) is 1. The third kappa shape index (κ3) is 5.32. The van der Waals surface area contributed by atoms with Crippen LogP contribution in [0.2, 0.25) is 0 Å². The lowest BCUT2D eigenvalue weighted by molar-refractivity contribution is 0.215. The fraction of sp³-hybridized carbons (Fsp3) is 0.143. The van der Waals surface area contributed by atoms with Gasteiger partial charge in [-0.15, -0.1) is 0 Å². The zero-order chi connectivity index (χ0) is 16.3. The fourth-order valence-corrected chi connectivity index (χ4v) is 4.48. The molecule has 0 radical (unpaired) electrons. The molecule has 3 aromatic rings. The second kappa shape index (κ2) is 9.94. The van der Waals surface area contributed by atoms with Crippen molar-refractivity contribution in [3.8, 4) is 0 Å². The molecule has 0 aliphatic heterocycles. The minimum absolute atomic E-state index is 0.446. The summed E-state index contributed by atoms with van der Waals surface area (Å²) in [5.41, 5.74) is 0. The molecule has 0 heterocycles. The van der Waals surface area contributed by atoms with Crippen molar-refractivity contribution >= 4 is 23.8 Å². The number of hydrogen-bond donors (Lipinski definition) is 0. The molecule has 0 aliphatic carbocycles. The summed E-state index contributed by atoms with van der Waals surface area (Å²) in [6.45, 7) is 2.78. The molecule has 0 spiro atoms. The summed E-state index contributed by atoms with van der Waals surface area (Å²) in [7, 11) is 1.23. The van der Waals surface area contributed by atoms with E-state index in [0.29, 0.717) is 0 Å². The predicted molar refractivity (Wildman–Crippen MR) is 103 cm³/mol. The molecule has 0 amide bonds. The van der Waals surface area contributed by atoms with Crippen LogP contribution in [0.3, 0.4) is 0 Å². The van der Waals surface area contributed by atoms with E-state index in [1.807, 2.05) is 6.92 Å². The third-order valence-electron chi connectivity index (χ3n) is 3.33. The first kappa shape index (κ1) is 17.4. The molecule has 23 heavy (non-hydrogen) atoms. The lowest BCUT2D eigenvalue weighted by atomic mass is 10.4. The minimum atomic E-state index is -0.446. The standard InChI is InChI=1S/C18H15P.C3H8O/c1-4-10-16(11-5-1)19(17-12-6-2-7-13-17)18-14-8-3-9-15-18;1-3-4-2/h1-15H;3H2,1-2H3. The fourth-order valence-electron chi connectivity index (χ4n) is 2.18. The zero-order valence-corrected chi connectivity index (χ0v) is 14.6. The Morgan fingerprint density at radius 3 is 1.09 bits per heavy atom. The summed E-state index contributed by atoms with van der Waals surface area (Å²) in [6.07, 6.45) is 0. The first-order valence-corrected chi connectivity index (χ1v) is 9.15. The van der Waals surface area contributed by atoms with Crippen LogP contribution in [0, 0.1) is 0 Å². The highest BCUT2D eigenvalue weighted by Crippen LogP contribution is 2.32. The minimum Gasteiger partial charge on any atom is -0.385 e. The molecule has 0 fully saturated rings. The van der Waals surface area contributed by atoms with Crippen LogP contribution in [0.1, 0.15) is 6.92 Å². The number of ether oxygens (including phenoxy) is 1. The average molecular weight is 322 g/mol. The Bertz CT molecular complexity index is 557. The topological polar surface area (TPSA) is 9.23 Å². The van der Waals surface area contributed by atoms with Crippen LogP contribution < -0.4 is 15.9 Å². The van der Waals surface area contributed by atoms with Gasteiger partial charge < -0.3 is 4.74 Å². The molecule has 3 rings (SSSR count). The van der Waals surface area contributed by atoms with Gasteiger partial charge in [0.15, 0.2) is 0 Å². The van der Waals surface area contributed by atoms with Gasteiger partial charge in [0, 0.05) is 13.7 Å². The Morgan fingerprint density at radius 1 is 0.609 bits per heavy atom. The molecule has 0 aromatic heterocycles. The molecule has 0 N–H and O–H groups in total. The van der Waals surface area contributed by atoms with Crippen LogP contribution in [-0.4, -0.2) is 13.7 Å². The van der Waals surface area contributed by atoms with E-state index in [9.17, 15) is 0 Å². The molecular formula is C21H23OP. The van der Waals surface area contributed by atoms with Gasteiger partial charge in [-0.2, -0.15) is 0 Å². The monoisotopic (exact) mass is 322 g/mol. The molecule has 118 valence electrons. The van der Waals surface area contributed by atoms with Gasteiger partial charge in [0.2, 0.25) is 0 Å². The second-order valence-corrected chi connectivity index (χ2v) is 7.14. The van der Waals surface area contributed by atoms with Gasteiger partial charge in [-0.25, -0.2) is 0 Å². The Morgan fingerprint density at radius 2 is 0.870 bits per heavy atom. The molecular weight excluding hydrogens is 299 g/mol. The van der Waals surface area contributed by atoms with Gasteiger partial charge in [0.25, 0.3) is 0 Å². The lowest BCUT2D eigenvalue weighted by Gasteiger charge is -2.18. The molecule has 0 unspecified atom stereocenters. The summed E-state index contributed by atoms with van der Waals surface area (Å²) in [6, 6.07) is 32.3. The Balaban J connectivity index is 0.000000433. The van der Waals surface area contributed by atoms with Crippen LogP contribution in [-0.2, 0) is 4.74 Å². The maximum atomic E-state index is 4.54. The van der Waals surface area contributed by atoms with Gasteiger partial charge in [-0.05, 0) is 30.8 Å². The van der Waals surface area contributed by atoms with Gasteiger partial charge in [-0.3, -0.25) is 0 Å². The van der Waals surface area contributed by atoms with E-state index < -0.39 is 7.92 Å². The van der Waals surface area contributed by atoms with Crippen molar-refractivity contribution < 1.29 is 4.74 Å². The molecule has 3 aromatic carbocycles. The highest BCUT2D eigenvalue weighted by molar-refractivity contribution is 7.79. The smallest absolute Gasteiger partial charge is 0.0433 e. The van der Waals surface area contributed by atoms with E-state index in [1.165, 1.54) is 15.9 Å². The van der Waals surface area contributed by atoms with Crippen molar-refractivity contribution in [3.05, 3.63) is 91.0 Å². The summed E-state index contributed by atoms with van der Waals surface area (Å²) in [5, 5.41) is 4.19. The second-order valence-electron chi connectivity index (χ2n) is 4.92. The summed E-state index contributed by atoms with van der Waals surface area (Å²) < 4.78 is 4.54. The Labute approximate surface area is 140 Å². The molecule has 2 heteroatoms. The van der Waals surface area contributed by atoms with Gasteiger partial charge in [0.1, 0.15) is 0 Å². The summed E-state index contributed by atoms with van der Waals surface area (Å²) in [5.74, 6) is 0. The first-order chi connectivity index (χ1) is 11.4. The van der Waals surface area contributed by atoms with Crippen molar-refractivity contribution in [1.29, 1.82) is 0 Å². The van der Waals surface area contributed by atoms with E-state index in [2.05, 4.69) is 95.7 Å². The maximum Gasteiger partial charge on any atom is 0.0433 e. The van der Waals surface area contributed by atoms with Gasteiger partial charge >= 0.3 is 0 Å². The lowest BCUT2D eigenvalue weighted by Crippen LogP contribution is -2.20. The van der Waals surface area contributed by atoms with Crippen LogP contribution in [0.4, 0.5) is 0 Å². The quantitative estimate of drug-likeness (QED) is 0.657. The number of methoxy groups -OCH3 is 1. The van der Waals surface area contributed by atoms with Crippen molar-refractivity contribution in [2.75, 3.05) is 13.7 Å². The van der Waals surface area contributed by atoms with Gasteiger partial charge in [-0.1, -0.05) is 91.0 Å². The first-order valence-electron chi connectivity index (χ1n) is 7.81. The van der Waals surface area contributed by atoms with Crippen LogP contribution in [0.5, 0.6) is 0 Å². The predicted octanol–water partition coefficient (Wildman–Crippen LogP) is 4.10. The average Bonchev–Trinajstić information content (AvgIpc) is 2.65. The van der Waals surface area contributed by atoms with E-state index in [1.54, 1.807) is 7.11 Å². The van der Waals surface area contributed by atoms with E-state index in [-0.39, 0.29) is 0 Å². The molecule has 0 bridgehead atoms. The van der Waals surface area contributed by atoms with E-state index in [0.717, 1.165) is 6.61 Å². The normalized spacial score (nSPS) is 10.0. The van der Waals surface area contributed by atoms with Crippen molar-refractivity contribution in [1.82, 2.24) is 0 Å². The Hall–Kier alpha value is -1.95. The molecule has 0 saturated carbocycles. The largest absolute Gasteiger partial charge is 0.385 e. The van der Waals surface area contributed by atoms with Crippen LogP contribution in [0.25, 0.3) is 0 Å². The van der Waals surface area contributed by atoms with Crippen LogP contribution in [0.15, 0.2) is 91.0 Å². The SMILES string of the molecule is CCOC.c1ccc(P(c2ccccc2)c2ccccc2)cc1. The highest BCUT2D eigenvalue weighted by atomic mass is 31.1. The van der Waals surface area contributed by atoms with E-state index in [4.69, 9.17) is 0 Å². The third-order valence-corrected chi connectivity index (χ3v) is 5.78. The molecule has 1 nitrogen and oxygen atoms in total. The van der Waals surface area contributed by atoms with E-state index >= 15 is 0 Å². The van der Waals surface area contributed by atoms with Crippen molar-refractivity contribution in [2.45, 2.75) is 6.92 Å². The van der Waals surface area contributed by atoms with Crippen LogP contribution >= 0.6 is 7.92 Å². The molecule has 0 aliphatic rings. The number of rotatable bonds is 4. The summed E-state index contributed by atoms with van der Waals surface area (Å²) in [4.78, 5) is 0. The van der Waals surface area contributed by atoms with Gasteiger partial charge in [0.05, 0.1) is 0 Å². The number of benzene rings is 3. The zero-order valence-electron chi connectivity index (χ0n) is 13.7. The highest BCUT2D eigenvalue weighted by Gasteiger charge is 2.14. The van der Waals surface area contributed by atoms with Crippen molar-refractivity contribution in [2.24, 2.45) is 0 Å².